The maximum atomic E-state index is 12.6. The zero-order valence-corrected chi connectivity index (χ0v) is 11.1. The summed E-state index contributed by atoms with van der Waals surface area (Å²) in [6.07, 6.45) is 1.05. The summed E-state index contributed by atoms with van der Waals surface area (Å²) in [5.41, 5.74) is 6.45. The van der Waals surface area contributed by atoms with Crippen LogP contribution in [0.5, 0.6) is 0 Å². The highest BCUT2D eigenvalue weighted by Crippen LogP contribution is 2.29. The topological polar surface area (TPSA) is 84.7 Å². The number of hydrogen-bond acceptors (Lipinski definition) is 4. The van der Waals surface area contributed by atoms with Gasteiger partial charge in [-0.3, -0.25) is 9.69 Å². The fourth-order valence-electron chi connectivity index (χ4n) is 2.73. The third kappa shape index (κ3) is 2.02. The number of nitrogens with zero attached hydrogens (tertiary/aromatic N) is 1. The predicted octanol–water partition coefficient (Wildman–Crippen LogP) is 0.870. The fraction of sp³-hybridized carbons (Fsp3) is 0.429. The molecule has 6 nitrogen and oxygen atoms in total. The van der Waals surface area contributed by atoms with E-state index in [1.165, 1.54) is 4.90 Å². The van der Waals surface area contributed by atoms with E-state index in [9.17, 15) is 9.59 Å². The van der Waals surface area contributed by atoms with Crippen LogP contribution in [0.2, 0.25) is 0 Å². The van der Waals surface area contributed by atoms with Crippen molar-refractivity contribution in [2.75, 3.05) is 18.9 Å². The molecule has 3 rings (SSSR count). The van der Waals surface area contributed by atoms with Crippen molar-refractivity contribution in [3.05, 3.63) is 29.8 Å². The monoisotopic (exact) mass is 275 g/mol. The number of nitrogens with two attached hydrogens (primary N) is 1. The van der Waals surface area contributed by atoms with Crippen LogP contribution in [0.4, 0.5) is 10.5 Å². The second-order valence-electron chi connectivity index (χ2n) is 5.21. The van der Waals surface area contributed by atoms with Crippen LogP contribution in [0.25, 0.3) is 0 Å². The normalized spacial score (nSPS) is 21.3. The molecule has 1 spiro atoms. The number of hydrogen-bond donors (Lipinski definition) is 2. The number of carbonyl (C=O) groups excluding carboxylic acids is 2. The zero-order valence-electron chi connectivity index (χ0n) is 11.1. The Morgan fingerprint density at radius 3 is 2.65 bits per heavy atom. The van der Waals surface area contributed by atoms with Gasteiger partial charge in [-0.1, -0.05) is 18.2 Å². The van der Waals surface area contributed by atoms with Gasteiger partial charge >= 0.3 is 6.03 Å². The first-order chi connectivity index (χ1) is 9.62. The summed E-state index contributed by atoms with van der Waals surface area (Å²) in [5.74, 6) is -0.172. The van der Waals surface area contributed by atoms with Crippen LogP contribution in [-0.4, -0.2) is 35.6 Å². The highest BCUT2D eigenvalue weighted by Gasteiger charge is 2.51. The van der Waals surface area contributed by atoms with Gasteiger partial charge in [-0.2, -0.15) is 0 Å². The van der Waals surface area contributed by atoms with Gasteiger partial charge in [0.2, 0.25) is 0 Å². The maximum Gasteiger partial charge on any atom is 0.325 e. The van der Waals surface area contributed by atoms with Gasteiger partial charge in [0.1, 0.15) is 5.54 Å². The molecule has 0 bridgehead atoms. The van der Waals surface area contributed by atoms with E-state index < -0.39 is 5.54 Å². The number of urea groups is 1. The van der Waals surface area contributed by atoms with Crippen molar-refractivity contribution in [3.63, 3.8) is 0 Å². The molecule has 2 aliphatic heterocycles. The molecule has 0 atom stereocenters. The average Bonchev–Trinajstić information content (AvgIpc) is 2.66. The Kier molecular flexibility index (Phi) is 3.10. The first kappa shape index (κ1) is 12.9. The Bertz CT molecular complexity index is 552. The second kappa shape index (κ2) is 4.79. The number of nitrogen functional groups attached to an aromatic ring is 1. The van der Waals surface area contributed by atoms with Crippen LogP contribution < -0.4 is 11.1 Å². The summed E-state index contributed by atoms with van der Waals surface area (Å²) in [6.45, 7) is 1.20. The third-order valence-corrected chi connectivity index (χ3v) is 3.98. The van der Waals surface area contributed by atoms with Crippen molar-refractivity contribution in [2.24, 2.45) is 0 Å². The second-order valence-corrected chi connectivity index (χ2v) is 5.21. The first-order valence-electron chi connectivity index (χ1n) is 6.68. The molecule has 20 heavy (non-hydrogen) atoms. The van der Waals surface area contributed by atoms with Gasteiger partial charge < -0.3 is 15.8 Å². The van der Waals surface area contributed by atoms with E-state index in [0.717, 1.165) is 5.56 Å². The fourth-order valence-corrected chi connectivity index (χ4v) is 2.73. The summed E-state index contributed by atoms with van der Waals surface area (Å²) in [5, 5.41) is 2.83. The van der Waals surface area contributed by atoms with E-state index in [0.29, 0.717) is 31.7 Å². The van der Waals surface area contributed by atoms with Crippen LogP contribution in [-0.2, 0) is 16.1 Å². The largest absolute Gasteiger partial charge is 0.398 e. The molecule has 3 N–H and O–H groups in total. The van der Waals surface area contributed by atoms with Gasteiger partial charge in [-0.25, -0.2) is 4.79 Å². The van der Waals surface area contributed by atoms with Crippen LogP contribution in [0, 0.1) is 0 Å². The van der Waals surface area contributed by atoms with Crippen LogP contribution in [0.15, 0.2) is 24.3 Å². The molecule has 1 aromatic carbocycles. The molecule has 2 heterocycles. The lowest BCUT2D eigenvalue weighted by Gasteiger charge is -2.30. The van der Waals surface area contributed by atoms with Crippen molar-refractivity contribution >= 4 is 17.6 Å². The number of anilines is 1. The Balaban J connectivity index is 1.82. The molecule has 0 unspecified atom stereocenters. The summed E-state index contributed by atoms with van der Waals surface area (Å²) in [4.78, 5) is 25.9. The molecule has 0 saturated carbocycles. The van der Waals surface area contributed by atoms with E-state index in [4.69, 9.17) is 10.5 Å². The van der Waals surface area contributed by atoms with Gasteiger partial charge in [0.25, 0.3) is 5.91 Å². The highest BCUT2D eigenvalue weighted by molar-refractivity contribution is 6.07. The quantitative estimate of drug-likeness (QED) is 0.619. The molecule has 0 aliphatic carbocycles. The lowest BCUT2D eigenvalue weighted by atomic mass is 9.90. The Morgan fingerprint density at radius 2 is 1.95 bits per heavy atom. The SMILES string of the molecule is Nc1ccccc1CN1C(=O)NC2(CCOCC2)C1=O. The van der Waals surface area contributed by atoms with E-state index in [1.807, 2.05) is 18.2 Å². The minimum atomic E-state index is -0.779. The van der Waals surface area contributed by atoms with Crippen molar-refractivity contribution in [1.29, 1.82) is 0 Å². The van der Waals surface area contributed by atoms with Gasteiger partial charge in [0.05, 0.1) is 6.54 Å². The lowest BCUT2D eigenvalue weighted by Crippen LogP contribution is -2.51. The Hall–Kier alpha value is -2.08. The molecule has 3 amide bonds. The predicted molar refractivity (Wildman–Crippen MR) is 72.7 cm³/mol. The minimum absolute atomic E-state index is 0.172. The molecule has 2 aliphatic rings. The maximum absolute atomic E-state index is 12.6. The highest BCUT2D eigenvalue weighted by atomic mass is 16.5. The standard InChI is InChI=1S/C14H17N3O3/c15-11-4-2-1-3-10(11)9-17-12(18)14(16-13(17)19)5-7-20-8-6-14/h1-4H,5-9,15H2,(H,16,19). The molecule has 1 aromatic rings. The summed E-state index contributed by atoms with van der Waals surface area (Å²) < 4.78 is 5.27. The zero-order chi connectivity index (χ0) is 14.2. The first-order valence-corrected chi connectivity index (χ1v) is 6.68. The summed E-state index contributed by atoms with van der Waals surface area (Å²) >= 11 is 0. The Morgan fingerprint density at radius 1 is 1.25 bits per heavy atom. The van der Waals surface area contributed by atoms with E-state index in [1.54, 1.807) is 6.07 Å². The smallest absolute Gasteiger partial charge is 0.325 e. The van der Waals surface area contributed by atoms with Crippen molar-refractivity contribution in [1.82, 2.24) is 10.2 Å². The number of benzene rings is 1. The van der Waals surface area contributed by atoms with Crippen molar-refractivity contribution in [2.45, 2.75) is 24.9 Å². The van der Waals surface area contributed by atoms with Crippen molar-refractivity contribution in [3.8, 4) is 0 Å². The average molecular weight is 275 g/mol. The summed E-state index contributed by atoms with van der Waals surface area (Å²) in [6, 6.07) is 6.90. The molecule has 0 aromatic heterocycles. The van der Waals surface area contributed by atoms with Crippen LogP contribution >= 0.6 is 0 Å². The van der Waals surface area contributed by atoms with Gasteiger partial charge in [-0.15, -0.1) is 0 Å². The summed E-state index contributed by atoms with van der Waals surface area (Å²) in [7, 11) is 0. The molecular weight excluding hydrogens is 258 g/mol. The third-order valence-electron chi connectivity index (χ3n) is 3.98. The van der Waals surface area contributed by atoms with E-state index in [-0.39, 0.29) is 18.5 Å². The van der Waals surface area contributed by atoms with Crippen LogP contribution in [0.3, 0.4) is 0 Å². The van der Waals surface area contributed by atoms with Crippen molar-refractivity contribution < 1.29 is 14.3 Å². The number of nitrogens with one attached hydrogen (secondary N) is 1. The number of ether oxygens (including phenoxy) is 1. The number of para-hydroxylation sites is 1. The number of amides is 3. The van der Waals surface area contributed by atoms with Gasteiger partial charge in [0, 0.05) is 31.7 Å². The molecule has 106 valence electrons. The molecular formula is C14H17N3O3. The number of rotatable bonds is 2. The van der Waals surface area contributed by atoms with Gasteiger partial charge in [-0.05, 0) is 11.6 Å². The van der Waals surface area contributed by atoms with Crippen LogP contribution in [0.1, 0.15) is 18.4 Å². The molecule has 0 radical (unpaired) electrons. The van der Waals surface area contributed by atoms with E-state index >= 15 is 0 Å². The van der Waals surface area contributed by atoms with E-state index in [2.05, 4.69) is 5.32 Å². The number of carbonyl (C=O) groups is 2. The molecule has 6 heteroatoms. The lowest BCUT2D eigenvalue weighted by molar-refractivity contribution is -0.134. The Labute approximate surface area is 116 Å². The molecule has 2 fully saturated rings. The minimum Gasteiger partial charge on any atom is -0.398 e. The van der Waals surface area contributed by atoms with Gasteiger partial charge in [0.15, 0.2) is 0 Å². The molecule has 2 saturated heterocycles. The number of imide groups is 1.